The number of sulfone groups is 1. The zero-order valence-electron chi connectivity index (χ0n) is 12.0. The molecule has 0 aliphatic heterocycles. The molecule has 0 aliphatic carbocycles. The van der Waals surface area contributed by atoms with Gasteiger partial charge < -0.3 is 9.47 Å². The fourth-order valence-electron chi connectivity index (χ4n) is 1.97. The maximum absolute atomic E-state index is 12.5. The molecular formula is C14H16ClNO4S. The van der Waals surface area contributed by atoms with Crippen LogP contribution < -0.4 is 9.47 Å². The lowest BCUT2D eigenvalue weighted by Gasteiger charge is -2.13. The van der Waals surface area contributed by atoms with Crippen molar-refractivity contribution in [3.05, 3.63) is 24.4 Å². The molecule has 1 atom stereocenters. The highest BCUT2D eigenvalue weighted by molar-refractivity contribution is 7.92. The zero-order valence-corrected chi connectivity index (χ0v) is 13.5. The van der Waals surface area contributed by atoms with Crippen LogP contribution in [0.25, 0.3) is 10.8 Å². The first-order chi connectivity index (χ1) is 9.95. The highest BCUT2D eigenvalue weighted by Gasteiger charge is 2.26. The fraction of sp³-hybridized carbons (Fsp3) is 0.357. The van der Waals surface area contributed by atoms with Crippen LogP contribution in [0.4, 0.5) is 0 Å². The predicted octanol–water partition coefficient (Wildman–Crippen LogP) is 2.65. The monoisotopic (exact) mass is 329 g/mol. The van der Waals surface area contributed by atoms with E-state index in [0.29, 0.717) is 22.3 Å². The number of methoxy groups -OCH3 is 2. The number of hydrogen-bond acceptors (Lipinski definition) is 5. The Morgan fingerprint density at radius 3 is 2.43 bits per heavy atom. The van der Waals surface area contributed by atoms with Crippen LogP contribution in [-0.4, -0.2) is 38.8 Å². The summed E-state index contributed by atoms with van der Waals surface area (Å²) >= 11 is 5.69. The summed E-state index contributed by atoms with van der Waals surface area (Å²) in [5, 5.41) is 0.495. The molecule has 0 amide bonds. The van der Waals surface area contributed by atoms with Gasteiger partial charge in [-0.25, -0.2) is 13.4 Å². The second-order valence-electron chi connectivity index (χ2n) is 4.55. The Balaban J connectivity index is 2.77. The summed E-state index contributed by atoms with van der Waals surface area (Å²) in [6.45, 7) is 1.56. The number of halogens is 1. The van der Waals surface area contributed by atoms with E-state index >= 15 is 0 Å². The molecule has 0 saturated carbocycles. The second kappa shape index (κ2) is 6.07. The lowest BCUT2D eigenvalue weighted by atomic mass is 10.1. The van der Waals surface area contributed by atoms with Crippen LogP contribution in [-0.2, 0) is 9.84 Å². The lowest BCUT2D eigenvalue weighted by Crippen LogP contribution is -2.20. The van der Waals surface area contributed by atoms with Crippen LogP contribution in [0, 0.1) is 0 Å². The van der Waals surface area contributed by atoms with Gasteiger partial charge in [0, 0.05) is 17.5 Å². The van der Waals surface area contributed by atoms with E-state index in [-0.39, 0.29) is 10.9 Å². The minimum absolute atomic E-state index is 0.00763. The molecule has 2 aromatic rings. The Morgan fingerprint density at radius 2 is 1.86 bits per heavy atom. The third-order valence-electron chi connectivity index (χ3n) is 3.25. The van der Waals surface area contributed by atoms with Gasteiger partial charge in [-0.3, -0.25) is 0 Å². The normalized spacial score (nSPS) is 13.1. The first-order valence-corrected chi connectivity index (χ1v) is 8.34. The van der Waals surface area contributed by atoms with Crippen molar-refractivity contribution in [1.82, 2.24) is 4.98 Å². The van der Waals surface area contributed by atoms with E-state index in [4.69, 9.17) is 21.1 Å². The van der Waals surface area contributed by atoms with E-state index in [2.05, 4.69) is 4.98 Å². The first-order valence-electron chi connectivity index (χ1n) is 6.26. The Morgan fingerprint density at radius 1 is 1.24 bits per heavy atom. The van der Waals surface area contributed by atoms with Crippen molar-refractivity contribution >= 4 is 32.2 Å². The summed E-state index contributed by atoms with van der Waals surface area (Å²) in [7, 11) is -0.578. The molecule has 114 valence electrons. The van der Waals surface area contributed by atoms with Crippen molar-refractivity contribution in [3.63, 3.8) is 0 Å². The number of nitrogens with zero attached hydrogens (tertiary/aromatic N) is 1. The maximum atomic E-state index is 12.5. The minimum atomic E-state index is -3.60. The number of aromatic nitrogens is 1. The van der Waals surface area contributed by atoms with Crippen LogP contribution in [0.3, 0.4) is 0 Å². The van der Waals surface area contributed by atoms with Gasteiger partial charge in [-0.15, -0.1) is 11.6 Å². The topological polar surface area (TPSA) is 65.5 Å². The summed E-state index contributed by atoms with van der Waals surface area (Å²) in [4.78, 5) is 4.04. The van der Waals surface area contributed by atoms with E-state index in [9.17, 15) is 8.42 Å². The molecule has 5 nitrogen and oxygen atoms in total. The molecule has 7 heteroatoms. The average Bonchev–Trinajstić information content (AvgIpc) is 2.51. The lowest BCUT2D eigenvalue weighted by molar-refractivity contribution is 0.356. The number of benzene rings is 1. The standard InChI is InChI=1S/C14H16ClNO4S/c1-9(8-15)21(17,18)14-11-7-13(20-3)12(19-2)6-10(11)4-5-16-14/h4-7,9H,8H2,1-3H3. The molecule has 0 bridgehead atoms. The number of pyridine rings is 1. The number of rotatable bonds is 5. The van der Waals surface area contributed by atoms with Crippen molar-refractivity contribution in [3.8, 4) is 11.5 Å². The molecule has 2 rings (SSSR count). The minimum Gasteiger partial charge on any atom is -0.493 e. The van der Waals surface area contributed by atoms with Gasteiger partial charge in [-0.2, -0.15) is 0 Å². The number of fused-ring (bicyclic) bond motifs is 1. The average molecular weight is 330 g/mol. The Labute approximate surface area is 128 Å². The summed E-state index contributed by atoms with van der Waals surface area (Å²) < 4.78 is 35.5. The predicted molar refractivity (Wildman–Crippen MR) is 82.2 cm³/mol. The van der Waals surface area contributed by atoms with E-state index < -0.39 is 15.1 Å². The molecule has 1 aromatic heterocycles. The van der Waals surface area contributed by atoms with E-state index in [1.165, 1.54) is 20.4 Å². The van der Waals surface area contributed by atoms with E-state index in [1.807, 2.05) is 0 Å². The molecule has 0 fully saturated rings. The zero-order chi connectivity index (χ0) is 15.6. The van der Waals surface area contributed by atoms with Gasteiger partial charge in [-0.1, -0.05) is 0 Å². The van der Waals surface area contributed by atoms with E-state index in [1.54, 1.807) is 25.1 Å². The quantitative estimate of drug-likeness (QED) is 0.789. The van der Waals surface area contributed by atoms with Crippen molar-refractivity contribution < 1.29 is 17.9 Å². The molecule has 1 heterocycles. The van der Waals surface area contributed by atoms with Gasteiger partial charge in [-0.05, 0) is 30.5 Å². The van der Waals surface area contributed by atoms with Crippen molar-refractivity contribution in [2.75, 3.05) is 20.1 Å². The molecule has 0 spiro atoms. The first kappa shape index (κ1) is 15.9. The number of hydrogen-bond donors (Lipinski definition) is 0. The van der Waals surface area contributed by atoms with Gasteiger partial charge in [0.25, 0.3) is 0 Å². The van der Waals surface area contributed by atoms with Gasteiger partial charge in [0.15, 0.2) is 26.4 Å². The summed E-state index contributed by atoms with van der Waals surface area (Å²) in [5.41, 5.74) is 0. The molecule has 0 aliphatic rings. The second-order valence-corrected chi connectivity index (χ2v) is 7.14. The van der Waals surface area contributed by atoms with Gasteiger partial charge in [0.1, 0.15) is 0 Å². The van der Waals surface area contributed by atoms with Crippen molar-refractivity contribution in [1.29, 1.82) is 0 Å². The summed E-state index contributed by atoms with van der Waals surface area (Å²) in [6, 6.07) is 5.07. The maximum Gasteiger partial charge on any atom is 0.199 e. The molecule has 21 heavy (non-hydrogen) atoms. The largest absolute Gasteiger partial charge is 0.493 e. The van der Waals surface area contributed by atoms with Gasteiger partial charge in [0.2, 0.25) is 0 Å². The van der Waals surface area contributed by atoms with Crippen molar-refractivity contribution in [2.45, 2.75) is 17.2 Å². The van der Waals surface area contributed by atoms with Crippen LogP contribution in [0.15, 0.2) is 29.4 Å². The Kier molecular flexibility index (Phi) is 4.58. The van der Waals surface area contributed by atoms with Gasteiger partial charge >= 0.3 is 0 Å². The smallest absolute Gasteiger partial charge is 0.199 e. The van der Waals surface area contributed by atoms with E-state index in [0.717, 1.165) is 0 Å². The Hall–Kier alpha value is -1.53. The highest BCUT2D eigenvalue weighted by Crippen LogP contribution is 2.35. The molecule has 1 aromatic carbocycles. The third kappa shape index (κ3) is 2.78. The number of alkyl halides is 1. The summed E-state index contributed by atoms with van der Waals surface area (Å²) in [6.07, 6.45) is 1.46. The fourth-order valence-corrected chi connectivity index (χ4v) is 3.71. The molecule has 0 radical (unpaired) electrons. The van der Waals surface area contributed by atoms with Gasteiger partial charge in [0.05, 0.1) is 19.5 Å². The third-order valence-corrected chi connectivity index (χ3v) is 5.98. The van der Waals surface area contributed by atoms with Crippen LogP contribution in [0.5, 0.6) is 11.5 Å². The molecule has 1 unspecified atom stereocenters. The highest BCUT2D eigenvalue weighted by atomic mass is 35.5. The molecular weight excluding hydrogens is 314 g/mol. The Bertz CT molecular complexity index is 761. The van der Waals surface area contributed by atoms with Crippen LogP contribution in [0.1, 0.15) is 6.92 Å². The van der Waals surface area contributed by atoms with Crippen LogP contribution in [0.2, 0.25) is 0 Å². The van der Waals surface area contributed by atoms with Crippen molar-refractivity contribution in [2.24, 2.45) is 0 Å². The molecule has 0 N–H and O–H groups in total. The summed E-state index contributed by atoms with van der Waals surface area (Å²) in [5.74, 6) is 0.992. The number of ether oxygens (including phenoxy) is 2. The van der Waals surface area contributed by atoms with Crippen LogP contribution >= 0.6 is 11.6 Å². The SMILES string of the molecule is COc1cc2ccnc(S(=O)(=O)C(C)CCl)c2cc1OC. The molecule has 0 saturated heterocycles.